The van der Waals surface area contributed by atoms with E-state index in [0.717, 1.165) is 16.2 Å². The fourth-order valence-electron chi connectivity index (χ4n) is 3.08. The van der Waals surface area contributed by atoms with Gasteiger partial charge in [0.05, 0.1) is 15.9 Å². The number of thiophene rings is 1. The Morgan fingerprint density at radius 2 is 1.75 bits per heavy atom. The fraction of sp³-hybridized carbons (Fsp3) is 0.100. The second-order valence-corrected chi connectivity index (χ2v) is 10.8. The maximum absolute atomic E-state index is 12.8. The first-order valence-corrected chi connectivity index (χ1v) is 12.4. The van der Waals surface area contributed by atoms with Gasteiger partial charge in [0, 0.05) is 29.1 Å². The summed E-state index contributed by atoms with van der Waals surface area (Å²) in [5.41, 5.74) is 0.532. The summed E-state index contributed by atoms with van der Waals surface area (Å²) < 4.78 is 27.3. The Labute approximate surface area is 191 Å². The van der Waals surface area contributed by atoms with E-state index in [2.05, 4.69) is 4.72 Å². The van der Waals surface area contributed by atoms with Gasteiger partial charge in [0.25, 0.3) is 15.7 Å². The predicted molar refractivity (Wildman–Crippen MR) is 121 cm³/mol. The average Bonchev–Trinajstić information content (AvgIpc) is 3.39. The number of benzene rings is 2. The van der Waals surface area contributed by atoms with Crippen molar-refractivity contribution in [1.82, 2.24) is 0 Å². The molecule has 0 bridgehead atoms. The maximum atomic E-state index is 12.8. The van der Waals surface area contributed by atoms with E-state index in [1.807, 2.05) is 0 Å². The van der Waals surface area contributed by atoms with Crippen LogP contribution in [0.2, 0.25) is 0 Å². The summed E-state index contributed by atoms with van der Waals surface area (Å²) in [6.07, 6.45) is -0.00670. The second kappa shape index (κ2) is 8.73. The van der Waals surface area contributed by atoms with E-state index in [4.69, 9.17) is 0 Å². The van der Waals surface area contributed by atoms with Crippen molar-refractivity contribution in [1.29, 1.82) is 0 Å². The fourth-order valence-corrected chi connectivity index (χ4v) is 6.18. The number of rotatable bonds is 7. The Balaban J connectivity index is 1.43. The van der Waals surface area contributed by atoms with Gasteiger partial charge >= 0.3 is 0 Å². The lowest BCUT2D eigenvalue weighted by atomic mass is 10.2. The van der Waals surface area contributed by atoms with Gasteiger partial charge in [-0.25, -0.2) is 13.3 Å². The first kappa shape index (κ1) is 22.0. The normalized spacial score (nSPS) is 16.4. The molecular formula is C20H15N3O6S3. The number of nitrogens with one attached hydrogen (secondary N) is 1. The zero-order valence-electron chi connectivity index (χ0n) is 16.2. The lowest BCUT2D eigenvalue weighted by Crippen LogP contribution is -2.31. The summed E-state index contributed by atoms with van der Waals surface area (Å²) in [6.45, 7) is 0. The van der Waals surface area contributed by atoms with Gasteiger partial charge in [0.15, 0.2) is 0 Å². The van der Waals surface area contributed by atoms with E-state index < -0.39 is 26.1 Å². The van der Waals surface area contributed by atoms with Crippen LogP contribution < -0.4 is 9.62 Å². The number of hydrogen-bond acceptors (Lipinski definition) is 8. The Bertz CT molecular complexity index is 1270. The molecule has 2 amide bonds. The van der Waals surface area contributed by atoms with Gasteiger partial charge in [-0.15, -0.1) is 23.1 Å². The van der Waals surface area contributed by atoms with Gasteiger partial charge in [-0.3, -0.25) is 24.4 Å². The van der Waals surface area contributed by atoms with Crippen molar-refractivity contribution in [3.63, 3.8) is 0 Å². The van der Waals surface area contributed by atoms with Crippen LogP contribution in [0.5, 0.6) is 0 Å². The Kier molecular flexibility index (Phi) is 6.00. The van der Waals surface area contributed by atoms with E-state index in [1.165, 1.54) is 42.1 Å². The number of imide groups is 1. The molecule has 2 aromatic carbocycles. The zero-order valence-corrected chi connectivity index (χ0v) is 18.7. The molecule has 0 saturated carbocycles. The van der Waals surface area contributed by atoms with E-state index in [9.17, 15) is 28.1 Å². The molecule has 1 atom stereocenters. The molecule has 1 unspecified atom stereocenters. The minimum Gasteiger partial charge on any atom is -0.279 e. The molecule has 0 aliphatic carbocycles. The molecule has 32 heavy (non-hydrogen) atoms. The number of non-ortho nitro benzene ring substituents is 1. The van der Waals surface area contributed by atoms with Gasteiger partial charge in [0.1, 0.15) is 4.21 Å². The van der Waals surface area contributed by atoms with Crippen molar-refractivity contribution >= 4 is 62.0 Å². The molecule has 9 nitrogen and oxygen atoms in total. The summed E-state index contributed by atoms with van der Waals surface area (Å²) in [4.78, 5) is 37.2. The minimum absolute atomic E-state index is 0.00670. The predicted octanol–water partition coefficient (Wildman–Crippen LogP) is 3.88. The van der Waals surface area contributed by atoms with Crippen LogP contribution in [0.4, 0.5) is 17.1 Å². The molecule has 1 N–H and O–H groups in total. The number of nitro groups is 1. The Morgan fingerprint density at radius 1 is 1.06 bits per heavy atom. The van der Waals surface area contributed by atoms with Crippen LogP contribution in [0.3, 0.4) is 0 Å². The Hall–Kier alpha value is -3.22. The highest BCUT2D eigenvalue weighted by atomic mass is 32.2. The van der Waals surface area contributed by atoms with Crippen molar-refractivity contribution in [2.75, 3.05) is 9.62 Å². The highest BCUT2D eigenvalue weighted by Gasteiger charge is 2.40. The highest BCUT2D eigenvalue weighted by molar-refractivity contribution is 8.00. The molecule has 2 heterocycles. The van der Waals surface area contributed by atoms with Crippen LogP contribution in [-0.2, 0) is 19.6 Å². The topological polar surface area (TPSA) is 127 Å². The molecule has 1 aromatic heterocycles. The number of amides is 2. The van der Waals surface area contributed by atoms with Gasteiger partial charge in [-0.05, 0) is 47.8 Å². The number of sulfonamides is 1. The number of hydrogen-bond donors (Lipinski definition) is 1. The van der Waals surface area contributed by atoms with Gasteiger partial charge in [-0.2, -0.15) is 0 Å². The number of anilines is 2. The van der Waals surface area contributed by atoms with E-state index in [-0.39, 0.29) is 27.9 Å². The zero-order chi connectivity index (χ0) is 22.9. The summed E-state index contributed by atoms with van der Waals surface area (Å²) in [6, 6.07) is 14.9. The van der Waals surface area contributed by atoms with Crippen molar-refractivity contribution in [3.8, 4) is 0 Å². The molecule has 0 radical (unpaired) electrons. The first-order chi connectivity index (χ1) is 15.2. The number of nitro benzene ring substituents is 1. The first-order valence-electron chi connectivity index (χ1n) is 9.19. The average molecular weight is 490 g/mol. The monoisotopic (exact) mass is 489 g/mol. The van der Waals surface area contributed by atoms with Gasteiger partial charge in [-0.1, -0.05) is 6.07 Å². The molecule has 1 aliphatic rings. The van der Waals surface area contributed by atoms with Crippen LogP contribution in [0.25, 0.3) is 0 Å². The molecule has 4 rings (SSSR count). The van der Waals surface area contributed by atoms with Crippen LogP contribution in [0.15, 0.2) is 75.1 Å². The largest absolute Gasteiger partial charge is 0.279 e. The van der Waals surface area contributed by atoms with E-state index >= 15 is 0 Å². The van der Waals surface area contributed by atoms with Crippen LogP contribution in [0, 0.1) is 10.1 Å². The lowest BCUT2D eigenvalue weighted by molar-refractivity contribution is -0.384. The molecule has 1 fully saturated rings. The number of thioether (sulfide) groups is 1. The third-order valence-electron chi connectivity index (χ3n) is 4.57. The maximum Gasteiger partial charge on any atom is 0.271 e. The molecule has 3 aromatic rings. The van der Waals surface area contributed by atoms with Gasteiger partial charge < -0.3 is 0 Å². The molecule has 1 saturated heterocycles. The van der Waals surface area contributed by atoms with Gasteiger partial charge in [0.2, 0.25) is 11.8 Å². The number of carbonyl (C=O) groups excluding carboxylic acids is 2. The summed E-state index contributed by atoms with van der Waals surface area (Å²) in [5.74, 6) is -0.794. The third-order valence-corrected chi connectivity index (χ3v) is 8.54. The van der Waals surface area contributed by atoms with Crippen LogP contribution in [-0.4, -0.2) is 30.4 Å². The van der Waals surface area contributed by atoms with Crippen molar-refractivity contribution in [2.45, 2.75) is 20.8 Å². The lowest BCUT2D eigenvalue weighted by Gasteiger charge is -2.14. The molecule has 1 aliphatic heterocycles. The minimum atomic E-state index is -3.65. The van der Waals surface area contributed by atoms with Crippen molar-refractivity contribution < 1.29 is 22.9 Å². The molecular weight excluding hydrogens is 474 g/mol. The summed E-state index contributed by atoms with van der Waals surface area (Å²) in [7, 11) is -3.65. The molecule has 164 valence electrons. The molecule has 12 heteroatoms. The highest BCUT2D eigenvalue weighted by Crippen LogP contribution is 2.35. The standard InChI is InChI=1S/C20H15N3O6S3/c24-18-12-17(20(25)22(18)14-5-7-15(8-6-14)23(26)27)31-16-9-3-13(4-10-16)21-32(28,29)19-2-1-11-30-19/h1-11,17,21H,12H2. The molecule has 0 spiro atoms. The van der Waals surface area contributed by atoms with E-state index in [0.29, 0.717) is 10.6 Å². The smallest absolute Gasteiger partial charge is 0.271 e. The quantitative estimate of drug-likeness (QED) is 0.303. The summed E-state index contributed by atoms with van der Waals surface area (Å²) in [5, 5.41) is 11.8. The Morgan fingerprint density at radius 3 is 2.34 bits per heavy atom. The van der Waals surface area contributed by atoms with E-state index in [1.54, 1.807) is 35.7 Å². The van der Waals surface area contributed by atoms with Crippen LogP contribution in [0.1, 0.15) is 6.42 Å². The number of carbonyl (C=O) groups is 2. The van der Waals surface area contributed by atoms with Crippen LogP contribution >= 0.6 is 23.1 Å². The second-order valence-electron chi connectivity index (χ2n) is 6.71. The van der Waals surface area contributed by atoms with Crippen molar-refractivity contribution in [2.24, 2.45) is 0 Å². The third kappa shape index (κ3) is 4.52. The number of nitrogens with zero attached hydrogens (tertiary/aromatic N) is 2. The SMILES string of the molecule is O=C1CC(Sc2ccc(NS(=O)(=O)c3cccs3)cc2)C(=O)N1c1ccc([N+](=O)[O-])cc1. The van der Waals surface area contributed by atoms with Crippen molar-refractivity contribution in [3.05, 3.63) is 76.2 Å². The summed E-state index contributed by atoms with van der Waals surface area (Å²) >= 11 is 2.31.